The molecule has 2 atom stereocenters. The lowest BCUT2D eigenvalue weighted by atomic mass is 10.1. The molecule has 0 saturated heterocycles. The van der Waals surface area contributed by atoms with Crippen molar-refractivity contribution >= 4 is 10.8 Å². The van der Waals surface area contributed by atoms with Crippen LogP contribution in [0.5, 0.6) is 5.75 Å². The van der Waals surface area contributed by atoms with Gasteiger partial charge in [0.25, 0.3) is 0 Å². The minimum Gasteiger partial charge on any atom is -0.497 e. The number of hydrogen-bond acceptors (Lipinski definition) is 3. The number of hydrogen-bond donors (Lipinski definition) is 1. The van der Waals surface area contributed by atoms with Crippen molar-refractivity contribution in [1.82, 2.24) is 5.32 Å². The third-order valence-corrected chi connectivity index (χ3v) is 4.62. The molecule has 0 bridgehead atoms. The average molecular weight is 289 g/mol. The van der Waals surface area contributed by atoms with E-state index in [1.807, 2.05) is 61.6 Å². The van der Waals surface area contributed by atoms with Gasteiger partial charge in [-0.2, -0.15) is 0 Å². The molecule has 0 saturated carbocycles. The molecule has 0 amide bonds. The van der Waals surface area contributed by atoms with Crippen LogP contribution in [0.25, 0.3) is 0 Å². The Morgan fingerprint density at radius 1 is 1.10 bits per heavy atom. The van der Waals surface area contributed by atoms with Crippen molar-refractivity contribution < 1.29 is 8.95 Å². The minimum absolute atomic E-state index is 0.0574. The smallest absolute Gasteiger partial charge is 0.118 e. The molecule has 0 fully saturated rings. The molecule has 2 aromatic rings. The van der Waals surface area contributed by atoms with Crippen molar-refractivity contribution in [2.24, 2.45) is 0 Å². The highest BCUT2D eigenvalue weighted by atomic mass is 32.2. The molecule has 2 aromatic carbocycles. The second-order valence-electron chi connectivity index (χ2n) is 4.44. The minimum atomic E-state index is -1.01. The van der Waals surface area contributed by atoms with E-state index < -0.39 is 10.8 Å². The fourth-order valence-corrected chi connectivity index (χ4v) is 3.32. The van der Waals surface area contributed by atoms with Gasteiger partial charge in [-0.25, -0.2) is 0 Å². The van der Waals surface area contributed by atoms with Crippen molar-refractivity contribution in [2.45, 2.75) is 10.9 Å². The van der Waals surface area contributed by atoms with Crippen LogP contribution in [0.15, 0.2) is 59.5 Å². The van der Waals surface area contributed by atoms with Gasteiger partial charge in [-0.05, 0) is 36.9 Å². The zero-order chi connectivity index (χ0) is 14.4. The van der Waals surface area contributed by atoms with Crippen LogP contribution in [0.3, 0.4) is 0 Å². The maximum absolute atomic E-state index is 12.4. The van der Waals surface area contributed by atoms with Crippen molar-refractivity contribution in [1.29, 1.82) is 0 Å². The van der Waals surface area contributed by atoms with Gasteiger partial charge in [-0.3, -0.25) is 4.21 Å². The summed E-state index contributed by atoms with van der Waals surface area (Å²) in [6.45, 7) is 0. The summed E-state index contributed by atoms with van der Waals surface area (Å²) in [5, 5.41) is 3.22. The highest BCUT2D eigenvalue weighted by Gasteiger charge is 2.14. The topological polar surface area (TPSA) is 38.3 Å². The maximum Gasteiger partial charge on any atom is 0.118 e. The molecule has 0 spiro atoms. The molecule has 0 heterocycles. The molecule has 2 rings (SSSR count). The van der Waals surface area contributed by atoms with Crippen LogP contribution in [-0.4, -0.2) is 24.1 Å². The SMILES string of the molecule is CNC(CS(=O)c1ccccc1)c1ccc(OC)cc1. The Hall–Kier alpha value is -1.65. The molecule has 3 nitrogen and oxygen atoms in total. The third kappa shape index (κ3) is 3.68. The molecular formula is C16H19NO2S. The fourth-order valence-electron chi connectivity index (χ4n) is 2.00. The van der Waals surface area contributed by atoms with Gasteiger partial charge in [-0.1, -0.05) is 30.3 Å². The number of nitrogens with one attached hydrogen (secondary N) is 1. The second kappa shape index (κ2) is 7.22. The van der Waals surface area contributed by atoms with Gasteiger partial charge in [-0.15, -0.1) is 0 Å². The summed E-state index contributed by atoms with van der Waals surface area (Å²) in [5.41, 5.74) is 1.11. The molecule has 20 heavy (non-hydrogen) atoms. The Morgan fingerprint density at radius 2 is 1.75 bits per heavy atom. The van der Waals surface area contributed by atoms with E-state index in [0.29, 0.717) is 5.75 Å². The van der Waals surface area contributed by atoms with Gasteiger partial charge in [0, 0.05) is 16.7 Å². The first-order valence-electron chi connectivity index (χ1n) is 6.49. The predicted molar refractivity (Wildman–Crippen MR) is 82.5 cm³/mol. The molecule has 0 radical (unpaired) electrons. The van der Waals surface area contributed by atoms with Crippen LogP contribution in [0.1, 0.15) is 11.6 Å². The molecule has 0 aliphatic heterocycles. The lowest BCUT2D eigenvalue weighted by molar-refractivity contribution is 0.414. The summed E-state index contributed by atoms with van der Waals surface area (Å²) in [6.07, 6.45) is 0. The van der Waals surface area contributed by atoms with Gasteiger partial charge >= 0.3 is 0 Å². The van der Waals surface area contributed by atoms with E-state index in [2.05, 4.69) is 5.32 Å². The Morgan fingerprint density at radius 3 is 2.30 bits per heavy atom. The highest BCUT2D eigenvalue weighted by molar-refractivity contribution is 7.85. The molecule has 0 aliphatic rings. The van der Waals surface area contributed by atoms with Crippen LogP contribution >= 0.6 is 0 Å². The highest BCUT2D eigenvalue weighted by Crippen LogP contribution is 2.20. The largest absolute Gasteiger partial charge is 0.497 e. The molecule has 1 N–H and O–H groups in total. The van der Waals surface area contributed by atoms with Crippen molar-refractivity contribution in [3.63, 3.8) is 0 Å². The lowest BCUT2D eigenvalue weighted by Crippen LogP contribution is -2.22. The Balaban J connectivity index is 2.10. The van der Waals surface area contributed by atoms with E-state index in [1.165, 1.54) is 0 Å². The van der Waals surface area contributed by atoms with Gasteiger partial charge in [0.05, 0.1) is 17.9 Å². The van der Waals surface area contributed by atoms with E-state index in [4.69, 9.17) is 4.74 Å². The molecule has 106 valence electrons. The quantitative estimate of drug-likeness (QED) is 0.888. The lowest BCUT2D eigenvalue weighted by Gasteiger charge is -2.16. The van der Waals surface area contributed by atoms with E-state index in [-0.39, 0.29) is 6.04 Å². The average Bonchev–Trinajstić information content (AvgIpc) is 2.53. The first-order valence-corrected chi connectivity index (χ1v) is 7.81. The standard InChI is InChI=1S/C16H19NO2S/c1-17-16(13-8-10-14(19-2)11-9-13)12-20(18)15-6-4-3-5-7-15/h3-11,16-17H,12H2,1-2H3. The fraction of sp³-hybridized carbons (Fsp3) is 0.250. The number of rotatable bonds is 6. The molecule has 4 heteroatoms. The first kappa shape index (κ1) is 14.8. The Labute approximate surface area is 122 Å². The molecule has 0 aliphatic carbocycles. The first-order chi connectivity index (χ1) is 9.74. The maximum atomic E-state index is 12.4. The molecular weight excluding hydrogens is 270 g/mol. The summed E-state index contributed by atoms with van der Waals surface area (Å²) in [5.74, 6) is 1.38. The number of methoxy groups -OCH3 is 1. The second-order valence-corrected chi connectivity index (χ2v) is 5.94. The van der Waals surface area contributed by atoms with Gasteiger partial charge < -0.3 is 10.1 Å². The summed E-state index contributed by atoms with van der Waals surface area (Å²) < 4.78 is 17.5. The Kier molecular flexibility index (Phi) is 5.32. The molecule has 0 aromatic heterocycles. The van der Waals surface area contributed by atoms with Crippen LogP contribution in [0, 0.1) is 0 Å². The Bertz CT molecular complexity index is 554. The van der Waals surface area contributed by atoms with Crippen LogP contribution in [0.4, 0.5) is 0 Å². The van der Waals surface area contributed by atoms with E-state index in [9.17, 15) is 4.21 Å². The van der Waals surface area contributed by atoms with Gasteiger partial charge in [0.2, 0.25) is 0 Å². The van der Waals surface area contributed by atoms with Gasteiger partial charge in [0.15, 0.2) is 0 Å². The van der Waals surface area contributed by atoms with Crippen LogP contribution < -0.4 is 10.1 Å². The summed E-state index contributed by atoms with van der Waals surface area (Å²) >= 11 is 0. The number of benzene rings is 2. The van der Waals surface area contributed by atoms with E-state index in [1.54, 1.807) is 7.11 Å². The van der Waals surface area contributed by atoms with Gasteiger partial charge in [0.1, 0.15) is 5.75 Å². The number of ether oxygens (including phenoxy) is 1. The predicted octanol–water partition coefficient (Wildman–Crippen LogP) is 2.76. The zero-order valence-corrected chi connectivity index (χ0v) is 12.5. The normalized spacial score (nSPS) is 13.7. The summed E-state index contributed by atoms with van der Waals surface area (Å²) in [6, 6.07) is 17.5. The summed E-state index contributed by atoms with van der Waals surface area (Å²) in [4.78, 5) is 0.862. The van der Waals surface area contributed by atoms with Crippen LogP contribution in [0.2, 0.25) is 0 Å². The van der Waals surface area contributed by atoms with Crippen molar-refractivity contribution in [2.75, 3.05) is 19.9 Å². The van der Waals surface area contributed by atoms with Crippen molar-refractivity contribution in [3.05, 3.63) is 60.2 Å². The van der Waals surface area contributed by atoms with E-state index >= 15 is 0 Å². The molecule has 2 unspecified atom stereocenters. The zero-order valence-electron chi connectivity index (χ0n) is 11.7. The van der Waals surface area contributed by atoms with E-state index in [0.717, 1.165) is 16.2 Å². The monoisotopic (exact) mass is 289 g/mol. The third-order valence-electron chi connectivity index (χ3n) is 3.19. The van der Waals surface area contributed by atoms with Crippen LogP contribution in [-0.2, 0) is 10.8 Å². The van der Waals surface area contributed by atoms with Crippen molar-refractivity contribution in [3.8, 4) is 5.75 Å². The summed E-state index contributed by atoms with van der Waals surface area (Å²) in [7, 11) is 2.52.